The zero-order valence-corrected chi connectivity index (χ0v) is 11.7. The number of anilines is 1. The van der Waals surface area contributed by atoms with E-state index in [1.165, 1.54) is 23.2 Å². The van der Waals surface area contributed by atoms with Crippen molar-refractivity contribution >= 4 is 23.7 Å². The third kappa shape index (κ3) is 5.35. The van der Waals surface area contributed by atoms with E-state index in [1.807, 2.05) is 0 Å². The molecule has 4 amide bonds. The maximum absolute atomic E-state index is 11.6. The Bertz CT molecular complexity index is 532. The standard InChI is InChI=1S/C12H17N5O4/c1-17(2)12(21)15-7-6-14-11(20)16-8-4-3-5-13-9(8)10(18)19/h3-5H,6-7H2,1-2H3,(H,15,21)(H,18,19)(H2,14,16,20). The van der Waals surface area contributed by atoms with E-state index in [9.17, 15) is 14.4 Å². The highest BCUT2D eigenvalue weighted by molar-refractivity contribution is 5.98. The van der Waals surface area contributed by atoms with Crippen LogP contribution < -0.4 is 16.0 Å². The van der Waals surface area contributed by atoms with Crippen molar-refractivity contribution in [2.45, 2.75) is 0 Å². The Hall–Kier alpha value is -2.84. The van der Waals surface area contributed by atoms with E-state index >= 15 is 0 Å². The summed E-state index contributed by atoms with van der Waals surface area (Å²) >= 11 is 0. The molecular weight excluding hydrogens is 278 g/mol. The van der Waals surface area contributed by atoms with Gasteiger partial charge in [-0.25, -0.2) is 19.4 Å². The zero-order chi connectivity index (χ0) is 15.8. The maximum atomic E-state index is 11.6. The van der Waals surface area contributed by atoms with Crippen molar-refractivity contribution < 1.29 is 19.5 Å². The molecule has 1 rings (SSSR count). The summed E-state index contributed by atoms with van der Waals surface area (Å²) in [5.41, 5.74) is -0.145. The molecule has 0 atom stereocenters. The van der Waals surface area contributed by atoms with E-state index in [1.54, 1.807) is 14.1 Å². The normalized spacial score (nSPS) is 9.62. The molecule has 0 aliphatic heterocycles. The molecule has 0 aliphatic rings. The number of aromatic nitrogens is 1. The van der Waals surface area contributed by atoms with Gasteiger partial charge in [0.15, 0.2) is 5.69 Å². The van der Waals surface area contributed by atoms with E-state index in [-0.39, 0.29) is 30.5 Å². The van der Waals surface area contributed by atoms with Crippen molar-refractivity contribution in [1.82, 2.24) is 20.5 Å². The first kappa shape index (κ1) is 16.2. The molecule has 0 fully saturated rings. The van der Waals surface area contributed by atoms with Crippen LogP contribution in [0, 0.1) is 0 Å². The van der Waals surface area contributed by atoms with Crippen LogP contribution >= 0.6 is 0 Å². The Kier molecular flexibility index (Phi) is 5.93. The lowest BCUT2D eigenvalue weighted by molar-refractivity contribution is 0.0691. The summed E-state index contributed by atoms with van der Waals surface area (Å²) in [4.78, 5) is 38.8. The number of hydrogen-bond acceptors (Lipinski definition) is 4. The van der Waals surface area contributed by atoms with Crippen molar-refractivity contribution in [2.75, 3.05) is 32.5 Å². The highest BCUT2D eigenvalue weighted by Gasteiger charge is 2.12. The molecule has 0 bridgehead atoms. The molecule has 0 radical (unpaired) electrons. The number of carboxylic acids is 1. The van der Waals surface area contributed by atoms with E-state index in [0.29, 0.717) is 0 Å². The average molecular weight is 295 g/mol. The van der Waals surface area contributed by atoms with Crippen molar-refractivity contribution in [1.29, 1.82) is 0 Å². The lowest BCUT2D eigenvalue weighted by Crippen LogP contribution is -2.40. The van der Waals surface area contributed by atoms with Gasteiger partial charge in [0.2, 0.25) is 0 Å². The van der Waals surface area contributed by atoms with Crippen molar-refractivity contribution in [3.05, 3.63) is 24.0 Å². The zero-order valence-electron chi connectivity index (χ0n) is 11.7. The van der Waals surface area contributed by atoms with Crippen molar-refractivity contribution in [3.63, 3.8) is 0 Å². The number of pyridine rings is 1. The molecule has 0 aromatic carbocycles. The monoisotopic (exact) mass is 295 g/mol. The Labute approximate surface area is 121 Å². The summed E-state index contributed by atoms with van der Waals surface area (Å²) in [6.45, 7) is 0.456. The second-order valence-corrected chi connectivity index (χ2v) is 4.21. The van der Waals surface area contributed by atoms with Gasteiger partial charge in [0.05, 0.1) is 5.69 Å². The van der Waals surface area contributed by atoms with E-state index in [2.05, 4.69) is 20.9 Å². The predicted molar refractivity (Wildman–Crippen MR) is 75.3 cm³/mol. The van der Waals surface area contributed by atoms with Gasteiger partial charge in [-0.2, -0.15) is 0 Å². The molecule has 1 heterocycles. The number of aromatic carboxylic acids is 1. The van der Waals surface area contributed by atoms with Gasteiger partial charge in [-0.3, -0.25) is 0 Å². The summed E-state index contributed by atoms with van der Waals surface area (Å²) in [5, 5.41) is 16.4. The van der Waals surface area contributed by atoms with Gasteiger partial charge in [0.25, 0.3) is 0 Å². The molecule has 9 heteroatoms. The molecule has 9 nitrogen and oxygen atoms in total. The molecular formula is C12H17N5O4. The quantitative estimate of drug-likeness (QED) is 0.577. The van der Waals surface area contributed by atoms with E-state index < -0.39 is 12.0 Å². The molecule has 1 aromatic rings. The highest BCUT2D eigenvalue weighted by Crippen LogP contribution is 2.11. The number of amides is 4. The molecule has 0 saturated carbocycles. The van der Waals surface area contributed by atoms with Gasteiger partial charge in [-0.1, -0.05) is 0 Å². The van der Waals surface area contributed by atoms with Gasteiger partial charge in [-0.15, -0.1) is 0 Å². The summed E-state index contributed by atoms with van der Waals surface area (Å²) in [5.74, 6) is -1.23. The van der Waals surface area contributed by atoms with Gasteiger partial charge >= 0.3 is 18.0 Å². The summed E-state index contributed by atoms with van der Waals surface area (Å²) < 4.78 is 0. The largest absolute Gasteiger partial charge is 0.476 e. The van der Waals surface area contributed by atoms with Gasteiger partial charge < -0.3 is 26.0 Å². The fourth-order valence-corrected chi connectivity index (χ4v) is 1.35. The first-order valence-electron chi connectivity index (χ1n) is 6.10. The highest BCUT2D eigenvalue weighted by atomic mass is 16.4. The average Bonchev–Trinajstić information content (AvgIpc) is 2.43. The molecule has 0 unspecified atom stereocenters. The fraction of sp³-hybridized carbons (Fsp3) is 0.333. The van der Waals surface area contributed by atoms with Gasteiger partial charge in [0, 0.05) is 33.4 Å². The number of nitrogens with zero attached hydrogens (tertiary/aromatic N) is 2. The fourth-order valence-electron chi connectivity index (χ4n) is 1.35. The first-order valence-corrected chi connectivity index (χ1v) is 6.10. The molecule has 114 valence electrons. The minimum atomic E-state index is -1.23. The summed E-state index contributed by atoms with van der Waals surface area (Å²) in [7, 11) is 3.20. The van der Waals surface area contributed by atoms with Crippen molar-refractivity contribution in [3.8, 4) is 0 Å². The van der Waals surface area contributed by atoms with Gasteiger partial charge in [0.1, 0.15) is 0 Å². The number of urea groups is 2. The number of carbonyl (C=O) groups is 3. The predicted octanol–water partition coefficient (Wildman–Crippen LogP) is 0.173. The topological polar surface area (TPSA) is 124 Å². The number of carboxylic acid groups (broad SMARTS) is 1. The smallest absolute Gasteiger partial charge is 0.356 e. The minimum Gasteiger partial charge on any atom is -0.476 e. The van der Waals surface area contributed by atoms with Crippen LogP contribution in [0.15, 0.2) is 18.3 Å². The molecule has 0 saturated heterocycles. The number of nitrogens with one attached hydrogen (secondary N) is 3. The first-order chi connectivity index (χ1) is 9.91. The van der Waals surface area contributed by atoms with E-state index in [0.717, 1.165) is 0 Å². The summed E-state index contributed by atoms with van der Waals surface area (Å²) in [6, 6.07) is 2.10. The minimum absolute atomic E-state index is 0.0971. The van der Waals surface area contributed by atoms with Crippen LogP contribution in [0.4, 0.5) is 15.3 Å². The second kappa shape index (κ2) is 7.68. The number of rotatable bonds is 5. The SMILES string of the molecule is CN(C)C(=O)NCCNC(=O)Nc1cccnc1C(=O)O. The van der Waals surface area contributed by atoms with Crippen LogP contribution in [0.2, 0.25) is 0 Å². The van der Waals surface area contributed by atoms with Gasteiger partial charge in [-0.05, 0) is 12.1 Å². The van der Waals surface area contributed by atoms with Crippen molar-refractivity contribution in [2.24, 2.45) is 0 Å². The van der Waals surface area contributed by atoms with Crippen LogP contribution in [0.3, 0.4) is 0 Å². The Morgan fingerprint density at radius 3 is 2.52 bits per heavy atom. The lowest BCUT2D eigenvalue weighted by atomic mass is 10.3. The molecule has 0 aliphatic carbocycles. The van der Waals surface area contributed by atoms with Crippen LogP contribution in [0.1, 0.15) is 10.5 Å². The van der Waals surface area contributed by atoms with E-state index in [4.69, 9.17) is 5.11 Å². The van der Waals surface area contributed by atoms with Crippen LogP contribution in [-0.2, 0) is 0 Å². The Morgan fingerprint density at radius 2 is 1.90 bits per heavy atom. The molecule has 1 aromatic heterocycles. The van der Waals surface area contributed by atoms with Crippen LogP contribution in [0.5, 0.6) is 0 Å². The maximum Gasteiger partial charge on any atom is 0.356 e. The summed E-state index contributed by atoms with van der Waals surface area (Å²) in [6.07, 6.45) is 1.32. The third-order valence-corrected chi connectivity index (χ3v) is 2.35. The van der Waals surface area contributed by atoms with Crippen LogP contribution in [-0.4, -0.2) is 60.2 Å². The number of hydrogen-bond donors (Lipinski definition) is 4. The second-order valence-electron chi connectivity index (χ2n) is 4.21. The third-order valence-electron chi connectivity index (χ3n) is 2.35. The lowest BCUT2D eigenvalue weighted by Gasteiger charge is -2.12. The molecule has 4 N–H and O–H groups in total. The number of carbonyl (C=O) groups excluding carboxylic acids is 2. The Balaban J connectivity index is 2.41. The van der Waals surface area contributed by atoms with Crippen LogP contribution in [0.25, 0.3) is 0 Å². The molecule has 0 spiro atoms. The Morgan fingerprint density at radius 1 is 1.24 bits per heavy atom. The molecule has 21 heavy (non-hydrogen) atoms.